The molecule has 0 saturated carbocycles. The van der Waals surface area contributed by atoms with E-state index in [4.69, 9.17) is 16.3 Å². The van der Waals surface area contributed by atoms with Crippen LogP contribution in [0.25, 0.3) is 0 Å². The zero-order chi connectivity index (χ0) is 13.8. The van der Waals surface area contributed by atoms with Gasteiger partial charge in [-0.05, 0) is 36.0 Å². The Kier molecular flexibility index (Phi) is 4.55. The number of carbonyl (C=O) groups excluding carboxylic acids is 2. The average Bonchev–Trinajstić information content (AvgIpc) is 2.68. The number of halogens is 1. The minimum absolute atomic E-state index is 0.243. The maximum Gasteiger partial charge on any atom is 0.290 e. The Bertz CT molecular complexity index is 480. The molecule has 2 amide bonds. The lowest BCUT2D eigenvalue weighted by molar-refractivity contribution is -0.126. The van der Waals surface area contributed by atoms with Gasteiger partial charge < -0.3 is 10.1 Å². The van der Waals surface area contributed by atoms with Crippen molar-refractivity contribution in [3.05, 3.63) is 24.3 Å². The number of amides is 2. The highest BCUT2D eigenvalue weighted by atomic mass is 35.5. The number of hydrogen-bond donors (Lipinski definition) is 1. The van der Waals surface area contributed by atoms with E-state index >= 15 is 0 Å². The fraction of sp³-hybridized carbons (Fsp3) is 0.333. The molecule has 0 aromatic heterocycles. The van der Waals surface area contributed by atoms with E-state index in [-0.39, 0.29) is 23.6 Å². The molecular formula is C12H13ClN2O3S. The number of benzene rings is 1. The van der Waals surface area contributed by atoms with Gasteiger partial charge in [-0.3, -0.25) is 14.5 Å². The largest absolute Gasteiger partial charge is 0.497 e. The summed E-state index contributed by atoms with van der Waals surface area (Å²) < 4.78 is 5.05. The van der Waals surface area contributed by atoms with Crippen LogP contribution in [-0.4, -0.2) is 41.0 Å². The van der Waals surface area contributed by atoms with Crippen molar-refractivity contribution in [2.45, 2.75) is 5.37 Å². The fourth-order valence-corrected chi connectivity index (χ4v) is 2.76. The molecule has 2 rings (SSSR count). The van der Waals surface area contributed by atoms with Gasteiger partial charge in [-0.25, -0.2) is 0 Å². The van der Waals surface area contributed by atoms with E-state index in [1.54, 1.807) is 31.4 Å². The number of nitrogens with zero attached hydrogens (tertiary/aromatic N) is 1. The summed E-state index contributed by atoms with van der Waals surface area (Å²) in [5.41, 5.74) is 0.757. The van der Waals surface area contributed by atoms with Gasteiger partial charge in [-0.15, -0.1) is 11.6 Å². The summed E-state index contributed by atoms with van der Waals surface area (Å²) in [6.45, 7) is 0.243. The molecule has 102 valence electrons. The molecule has 0 spiro atoms. The summed E-state index contributed by atoms with van der Waals surface area (Å²) in [6.07, 6.45) is 0. The molecule has 0 unspecified atom stereocenters. The summed E-state index contributed by atoms with van der Waals surface area (Å²) in [7, 11) is 1.58. The number of carbonyl (C=O) groups is 2. The number of rotatable bonds is 5. The van der Waals surface area contributed by atoms with Crippen LogP contribution in [0.2, 0.25) is 0 Å². The third kappa shape index (κ3) is 3.13. The Morgan fingerprint density at radius 2 is 2.05 bits per heavy atom. The van der Waals surface area contributed by atoms with Crippen molar-refractivity contribution in [1.29, 1.82) is 0 Å². The molecule has 1 aliphatic rings. The first-order valence-electron chi connectivity index (χ1n) is 5.64. The Labute approximate surface area is 120 Å². The van der Waals surface area contributed by atoms with Gasteiger partial charge in [0.2, 0.25) is 0 Å². The van der Waals surface area contributed by atoms with Crippen LogP contribution in [0.15, 0.2) is 24.3 Å². The number of hydrogen-bond acceptors (Lipinski definition) is 5. The molecule has 0 aliphatic carbocycles. The number of ether oxygens (including phenoxy) is 1. The van der Waals surface area contributed by atoms with Crippen LogP contribution >= 0.6 is 23.4 Å². The molecular weight excluding hydrogens is 288 g/mol. The molecule has 7 heteroatoms. The summed E-state index contributed by atoms with van der Waals surface area (Å²) in [5, 5.41) is 2.15. The van der Waals surface area contributed by atoms with Crippen LogP contribution in [0.5, 0.6) is 5.75 Å². The second kappa shape index (κ2) is 6.16. The zero-order valence-corrected chi connectivity index (χ0v) is 11.8. The number of thioether (sulfide) groups is 1. The highest BCUT2D eigenvalue weighted by Gasteiger charge is 2.39. The van der Waals surface area contributed by atoms with Crippen LogP contribution in [0.3, 0.4) is 0 Å². The molecule has 0 radical (unpaired) electrons. The Balaban J connectivity index is 2.03. The first kappa shape index (κ1) is 14.0. The molecule has 1 N–H and O–H groups in total. The van der Waals surface area contributed by atoms with Crippen molar-refractivity contribution in [3.63, 3.8) is 0 Å². The van der Waals surface area contributed by atoms with Gasteiger partial charge in [0.1, 0.15) is 5.75 Å². The average molecular weight is 301 g/mol. The molecule has 1 aliphatic heterocycles. The summed E-state index contributed by atoms with van der Waals surface area (Å²) in [4.78, 5) is 24.8. The Morgan fingerprint density at radius 1 is 1.37 bits per heavy atom. The van der Waals surface area contributed by atoms with Crippen molar-refractivity contribution in [3.8, 4) is 5.75 Å². The van der Waals surface area contributed by atoms with Crippen LogP contribution in [0, 0.1) is 0 Å². The highest BCUT2D eigenvalue weighted by molar-refractivity contribution is 8.15. The molecule has 5 nitrogen and oxygen atoms in total. The minimum atomic E-state index is -0.593. The maximum absolute atomic E-state index is 12.0. The molecule has 19 heavy (non-hydrogen) atoms. The maximum atomic E-state index is 12.0. The van der Waals surface area contributed by atoms with Crippen molar-refractivity contribution in [2.75, 3.05) is 24.9 Å². The second-order valence-electron chi connectivity index (χ2n) is 3.82. The Morgan fingerprint density at radius 3 is 2.63 bits per heavy atom. The number of nitrogens with one attached hydrogen (secondary N) is 1. The van der Waals surface area contributed by atoms with E-state index in [9.17, 15) is 9.59 Å². The van der Waals surface area contributed by atoms with E-state index in [0.717, 1.165) is 23.2 Å². The van der Waals surface area contributed by atoms with Crippen LogP contribution in [0.1, 0.15) is 0 Å². The molecule has 1 aromatic carbocycles. The number of methoxy groups -OCH3 is 1. The molecule has 1 saturated heterocycles. The van der Waals surface area contributed by atoms with E-state index in [1.807, 2.05) is 0 Å². The minimum Gasteiger partial charge on any atom is -0.497 e. The normalized spacial score (nSPS) is 18.8. The Hall–Kier alpha value is -1.40. The monoisotopic (exact) mass is 300 g/mol. The number of anilines is 1. The van der Waals surface area contributed by atoms with Gasteiger partial charge in [-0.2, -0.15) is 0 Å². The lowest BCUT2D eigenvalue weighted by Crippen LogP contribution is -2.35. The zero-order valence-electron chi connectivity index (χ0n) is 10.3. The SMILES string of the molecule is COc1ccc(N[C@@H]2SC(=O)N(CCCl)C2=O)cc1. The van der Waals surface area contributed by atoms with Gasteiger partial charge in [0.05, 0.1) is 7.11 Å². The summed E-state index contributed by atoms with van der Waals surface area (Å²) in [6, 6.07) is 7.15. The molecule has 1 heterocycles. The van der Waals surface area contributed by atoms with Crippen molar-refractivity contribution < 1.29 is 14.3 Å². The summed E-state index contributed by atoms with van der Waals surface area (Å²) in [5.74, 6) is 0.718. The van der Waals surface area contributed by atoms with E-state index in [2.05, 4.69) is 5.32 Å². The van der Waals surface area contributed by atoms with Gasteiger partial charge in [-0.1, -0.05) is 0 Å². The smallest absolute Gasteiger partial charge is 0.290 e. The van der Waals surface area contributed by atoms with Crippen molar-refractivity contribution in [1.82, 2.24) is 4.90 Å². The van der Waals surface area contributed by atoms with E-state index < -0.39 is 5.37 Å². The fourth-order valence-electron chi connectivity index (χ4n) is 1.66. The van der Waals surface area contributed by atoms with E-state index in [1.165, 1.54) is 4.90 Å². The molecule has 1 fully saturated rings. The first-order chi connectivity index (χ1) is 9.15. The molecule has 0 bridgehead atoms. The topological polar surface area (TPSA) is 58.6 Å². The quantitative estimate of drug-likeness (QED) is 0.846. The van der Waals surface area contributed by atoms with Crippen molar-refractivity contribution >= 4 is 40.2 Å². The lowest BCUT2D eigenvalue weighted by atomic mass is 10.3. The standard InChI is InChI=1S/C12H13ClN2O3S/c1-18-9-4-2-8(3-5-9)14-10-11(16)15(7-6-13)12(17)19-10/h2-5,10,14H,6-7H2,1H3/t10-/m1/s1. The van der Waals surface area contributed by atoms with E-state index in [0.29, 0.717) is 0 Å². The highest BCUT2D eigenvalue weighted by Crippen LogP contribution is 2.28. The van der Waals surface area contributed by atoms with Crippen molar-refractivity contribution in [2.24, 2.45) is 0 Å². The lowest BCUT2D eigenvalue weighted by Gasteiger charge is -2.13. The van der Waals surface area contributed by atoms with Gasteiger partial charge >= 0.3 is 0 Å². The predicted octanol–water partition coefficient (Wildman–Crippen LogP) is 2.37. The second-order valence-corrected chi connectivity index (χ2v) is 5.25. The van der Waals surface area contributed by atoms with Crippen LogP contribution < -0.4 is 10.1 Å². The number of alkyl halides is 1. The first-order valence-corrected chi connectivity index (χ1v) is 7.05. The predicted molar refractivity (Wildman–Crippen MR) is 75.8 cm³/mol. The van der Waals surface area contributed by atoms with Gasteiger partial charge in [0.15, 0.2) is 5.37 Å². The third-order valence-corrected chi connectivity index (χ3v) is 3.77. The van der Waals surface area contributed by atoms with Crippen LogP contribution in [0.4, 0.5) is 10.5 Å². The van der Waals surface area contributed by atoms with Crippen LogP contribution in [-0.2, 0) is 4.79 Å². The third-order valence-electron chi connectivity index (χ3n) is 2.63. The number of imide groups is 1. The van der Waals surface area contributed by atoms with Gasteiger partial charge in [0.25, 0.3) is 11.1 Å². The van der Waals surface area contributed by atoms with Gasteiger partial charge in [0, 0.05) is 18.1 Å². The molecule has 1 atom stereocenters. The summed E-state index contributed by atoms with van der Waals surface area (Å²) >= 11 is 6.53. The molecule has 1 aromatic rings.